The van der Waals surface area contributed by atoms with Crippen LogP contribution in [-0.4, -0.2) is 62.9 Å². The molecule has 0 aromatic carbocycles. The lowest BCUT2D eigenvalue weighted by Gasteiger charge is -2.47. The Balaban J connectivity index is 1.79. The Morgan fingerprint density at radius 1 is 1.35 bits per heavy atom. The Morgan fingerprint density at radius 3 is 2.71 bits per heavy atom. The third-order valence-corrected chi connectivity index (χ3v) is 7.20. The van der Waals surface area contributed by atoms with E-state index in [-0.39, 0.29) is 34.5 Å². The molecule has 2 bridgehead atoms. The van der Waals surface area contributed by atoms with Gasteiger partial charge in [0.2, 0.25) is 0 Å². The molecule has 2 fully saturated rings. The molecule has 4 heterocycles. The van der Waals surface area contributed by atoms with Gasteiger partial charge in [0, 0.05) is 18.1 Å². The van der Waals surface area contributed by atoms with Crippen molar-refractivity contribution in [1.29, 1.82) is 0 Å². The summed E-state index contributed by atoms with van der Waals surface area (Å²) in [4.78, 5) is 24.6. The van der Waals surface area contributed by atoms with Crippen molar-refractivity contribution in [2.24, 2.45) is 0 Å². The van der Waals surface area contributed by atoms with Crippen LogP contribution in [0.5, 0.6) is 0 Å². The Hall–Kier alpha value is -1.42. The third-order valence-electron chi connectivity index (χ3n) is 5.68. The van der Waals surface area contributed by atoms with Crippen molar-refractivity contribution in [3.8, 4) is 0 Å². The van der Waals surface area contributed by atoms with Gasteiger partial charge in [-0.05, 0) is 49.5 Å². The highest BCUT2D eigenvalue weighted by atomic mass is 79.9. The average Bonchev–Trinajstić information content (AvgIpc) is 3.00. The molecular weight excluding hydrogens is 514 g/mol. The minimum Gasteiger partial charge on any atom is -0.444 e. The Bertz CT molecular complexity index is 1050. The van der Waals surface area contributed by atoms with Gasteiger partial charge >= 0.3 is 6.09 Å². The lowest BCUT2D eigenvalue weighted by atomic mass is 10.0. The summed E-state index contributed by atoms with van der Waals surface area (Å²) >= 11 is 15.6. The molecular formula is C20H22BrCl2FN4O3. The number of carbonyl (C=O) groups excluding carboxylic acids is 1. The van der Waals surface area contributed by atoms with Gasteiger partial charge in [-0.2, -0.15) is 0 Å². The number of ether oxygens (including phenoxy) is 1. The van der Waals surface area contributed by atoms with Crippen LogP contribution in [0.2, 0.25) is 10.3 Å². The number of hydrogen-bond donors (Lipinski definition) is 1. The van der Waals surface area contributed by atoms with E-state index in [1.54, 1.807) is 4.90 Å². The third kappa shape index (κ3) is 3.94. The second-order valence-electron chi connectivity index (χ2n) is 8.78. The SMILES string of the molecule is CC(C)(C)OC(=O)N1[C@H]2CC[C@@H]1[C@@H](CO)N(c1c(Br)c(Cl)nc3c(F)c(Cl)ncc13)C2. The highest BCUT2D eigenvalue weighted by Crippen LogP contribution is 2.44. The number of halogens is 4. The molecule has 4 rings (SSSR count). The smallest absolute Gasteiger partial charge is 0.410 e. The van der Waals surface area contributed by atoms with Crippen molar-refractivity contribution in [2.75, 3.05) is 18.1 Å². The number of piperazine rings is 1. The quantitative estimate of drug-likeness (QED) is 0.557. The Kier molecular flexibility index (Phi) is 6.00. The predicted octanol–water partition coefficient (Wildman–Crippen LogP) is 4.79. The molecule has 0 aliphatic carbocycles. The average molecular weight is 536 g/mol. The lowest BCUT2D eigenvalue weighted by molar-refractivity contribution is 0.00469. The summed E-state index contributed by atoms with van der Waals surface area (Å²) in [6, 6.07) is -0.831. The van der Waals surface area contributed by atoms with Crippen LogP contribution in [0, 0.1) is 5.82 Å². The minimum absolute atomic E-state index is 0.00167. The Morgan fingerprint density at radius 2 is 2.06 bits per heavy atom. The second-order valence-corrected chi connectivity index (χ2v) is 10.3. The van der Waals surface area contributed by atoms with Gasteiger partial charge in [-0.1, -0.05) is 23.2 Å². The van der Waals surface area contributed by atoms with Crippen molar-refractivity contribution < 1.29 is 19.0 Å². The summed E-state index contributed by atoms with van der Waals surface area (Å²) in [7, 11) is 0. The molecule has 2 aromatic heterocycles. The van der Waals surface area contributed by atoms with Gasteiger partial charge in [-0.3, -0.25) is 4.90 Å². The van der Waals surface area contributed by atoms with E-state index in [0.717, 1.165) is 12.8 Å². The van der Waals surface area contributed by atoms with E-state index in [1.165, 1.54) is 6.20 Å². The van der Waals surface area contributed by atoms with E-state index >= 15 is 0 Å². The van der Waals surface area contributed by atoms with Crippen molar-refractivity contribution in [3.05, 3.63) is 26.8 Å². The number of carbonyl (C=O) groups is 1. The number of anilines is 1. The van der Waals surface area contributed by atoms with E-state index in [4.69, 9.17) is 27.9 Å². The normalized spacial score (nSPS) is 23.5. The summed E-state index contributed by atoms with van der Waals surface area (Å²) in [5, 5.41) is 10.5. The maximum Gasteiger partial charge on any atom is 0.410 e. The summed E-state index contributed by atoms with van der Waals surface area (Å²) in [5.41, 5.74) is -0.0532. The number of nitrogens with zero attached hydrogens (tertiary/aromatic N) is 4. The van der Waals surface area contributed by atoms with Gasteiger partial charge in [0.1, 0.15) is 16.3 Å². The van der Waals surface area contributed by atoms with E-state index in [9.17, 15) is 14.3 Å². The molecule has 0 saturated carbocycles. The van der Waals surface area contributed by atoms with Crippen LogP contribution < -0.4 is 4.90 Å². The largest absolute Gasteiger partial charge is 0.444 e. The highest BCUT2D eigenvalue weighted by Gasteiger charge is 2.50. The fourth-order valence-electron chi connectivity index (χ4n) is 4.50. The zero-order chi connectivity index (χ0) is 22.7. The number of fused-ring (bicyclic) bond motifs is 3. The van der Waals surface area contributed by atoms with Crippen molar-refractivity contribution >= 4 is 61.8 Å². The summed E-state index contributed by atoms with van der Waals surface area (Å²) in [6.07, 6.45) is 2.54. The molecule has 1 N–H and O–H groups in total. The van der Waals surface area contributed by atoms with Crippen LogP contribution in [-0.2, 0) is 4.74 Å². The first-order valence-corrected chi connectivity index (χ1v) is 11.5. The first-order valence-electron chi connectivity index (χ1n) is 9.91. The first kappa shape index (κ1) is 22.8. The molecule has 168 valence electrons. The van der Waals surface area contributed by atoms with Crippen LogP contribution >= 0.6 is 39.1 Å². The number of aliphatic hydroxyl groups is 1. The fourth-order valence-corrected chi connectivity index (χ4v) is 5.34. The zero-order valence-corrected chi connectivity index (χ0v) is 20.3. The van der Waals surface area contributed by atoms with Crippen molar-refractivity contribution in [3.63, 3.8) is 0 Å². The van der Waals surface area contributed by atoms with Crippen LogP contribution in [0.15, 0.2) is 10.7 Å². The molecule has 2 saturated heterocycles. The Labute approximate surface area is 197 Å². The number of amides is 1. The van der Waals surface area contributed by atoms with Gasteiger partial charge in [-0.15, -0.1) is 0 Å². The second kappa shape index (κ2) is 8.17. The van der Waals surface area contributed by atoms with Gasteiger partial charge in [-0.25, -0.2) is 19.2 Å². The minimum atomic E-state index is -0.759. The maximum atomic E-state index is 14.7. The van der Waals surface area contributed by atoms with Crippen LogP contribution in [0.4, 0.5) is 14.9 Å². The number of aromatic nitrogens is 2. The molecule has 3 atom stereocenters. The standard InChI is InChI=1S/C20H22BrCl2FN4O3/c1-20(2,3)31-19(30)28-9-4-5-11(28)12(8-29)27(7-9)16-10-6-25-18(23)14(24)15(10)26-17(22)13(16)21/h6,9,11-12,29H,4-5,7-8H2,1-3H3/t9-,11+,12+/m0/s1. The van der Waals surface area contributed by atoms with Gasteiger partial charge < -0.3 is 14.7 Å². The van der Waals surface area contributed by atoms with Gasteiger partial charge in [0.05, 0.1) is 34.9 Å². The number of pyridine rings is 2. The molecule has 2 aromatic rings. The monoisotopic (exact) mass is 534 g/mol. The van der Waals surface area contributed by atoms with E-state index in [2.05, 4.69) is 25.9 Å². The van der Waals surface area contributed by atoms with Crippen molar-refractivity contribution in [1.82, 2.24) is 14.9 Å². The van der Waals surface area contributed by atoms with E-state index in [0.29, 0.717) is 22.1 Å². The van der Waals surface area contributed by atoms with E-state index in [1.807, 2.05) is 25.7 Å². The van der Waals surface area contributed by atoms with Crippen LogP contribution in [0.1, 0.15) is 33.6 Å². The lowest BCUT2D eigenvalue weighted by Crippen LogP contribution is -2.63. The molecule has 11 heteroatoms. The maximum absolute atomic E-state index is 14.7. The summed E-state index contributed by atoms with van der Waals surface area (Å²) in [5.74, 6) is -0.759. The molecule has 1 amide bonds. The number of hydrogen-bond acceptors (Lipinski definition) is 6. The number of aliphatic hydroxyl groups excluding tert-OH is 1. The predicted molar refractivity (Wildman–Crippen MR) is 120 cm³/mol. The fraction of sp³-hybridized carbons (Fsp3) is 0.550. The summed E-state index contributed by atoms with van der Waals surface area (Å²) < 4.78 is 20.7. The molecule has 0 unspecified atom stereocenters. The zero-order valence-electron chi connectivity index (χ0n) is 17.2. The molecule has 2 aliphatic heterocycles. The molecule has 0 radical (unpaired) electrons. The molecule has 31 heavy (non-hydrogen) atoms. The highest BCUT2D eigenvalue weighted by molar-refractivity contribution is 9.10. The van der Waals surface area contributed by atoms with E-state index < -0.39 is 23.6 Å². The topological polar surface area (TPSA) is 78.8 Å². The first-order chi connectivity index (χ1) is 14.5. The number of rotatable bonds is 2. The van der Waals surface area contributed by atoms with Gasteiger partial charge in [0.15, 0.2) is 11.0 Å². The van der Waals surface area contributed by atoms with Crippen LogP contribution in [0.3, 0.4) is 0 Å². The molecule has 2 aliphatic rings. The summed E-state index contributed by atoms with van der Waals surface area (Å²) in [6.45, 7) is 5.66. The molecule has 0 spiro atoms. The van der Waals surface area contributed by atoms with Gasteiger partial charge in [0.25, 0.3) is 0 Å². The molecule has 7 nitrogen and oxygen atoms in total. The van der Waals surface area contributed by atoms with Crippen molar-refractivity contribution in [2.45, 2.75) is 57.3 Å². The van der Waals surface area contributed by atoms with Crippen LogP contribution in [0.25, 0.3) is 10.9 Å².